The smallest absolute Gasteiger partial charge is 0.253 e. The minimum absolute atomic E-state index is 0.0585. The Morgan fingerprint density at radius 1 is 1.04 bits per heavy atom. The Balaban J connectivity index is 1.49. The minimum Gasteiger partial charge on any atom is -0.352 e. The van der Waals surface area contributed by atoms with E-state index in [0.717, 1.165) is 22.5 Å². The van der Waals surface area contributed by atoms with Gasteiger partial charge in [0.05, 0.1) is 5.56 Å². The van der Waals surface area contributed by atoms with E-state index in [0.29, 0.717) is 19.1 Å². The summed E-state index contributed by atoms with van der Waals surface area (Å²) in [6.45, 7) is 4.96. The van der Waals surface area contributed by atoms with Crippen LogP contribution in [0.3, 0.4) is 0 Å². The molecule has 0 spiro atoms. The molecule has 150 valence electrons. The summed E-state index contributed by atoms with van der Waals surface area (Å²) in [6, 6.07) is 12.3. The van der Waals surface area contributed by atoms with Crippen molar-refractivity contribution in [1.29, 1.82) is 0 Å². The number of hydrogen-bond acceptors (Lipinski definition) is 2. The summed E-state index contributed by atoms with van der Waals surface area (Å²) in [4.78, 5) is 24.6. The average Bonchev–Trinajstić information content (AvgIpc) is 3.02. The average molecular weight is 382 g/mol. The van der Waals surface area contributed by atoms with Crippen molar-refractivity contribution in [3.05, 3.63) is 58.9 Å². The number of carbonyl (C=O) groups is 2. The molecule has 0 saturated heterocycles. The summed E-state index contributed by atoms with van der Waals surface area (Å²) in [7, 11) is 0. The third-order valence-corrected chi connectivity index (χ3v) is 5.64. The Morgan fingerprint density at radius 3 is 2.46 bits per heavy atom. The van der Waals surface area contributed by atoms with E-state index in [1.54, 1.807) is 0 Å². The minimum atomic E-state index is -0.0916. The first-order valence-corrected chi connectivity index (χ1v) is 10.3. The van der Waals surface area contributed by atoms with Crippen molar-refractivity contribution in [3.8, 4) is 0 Å². The van der Waals surface area contributed by atoms with Crippen molar-refractivity contribution >= 4 is 11.8 Å². The zero-order chi connectivity index (χ0) is 19.9. The van der Waals surface area contributed by atoms with Crippen LogP contribution in [0.2, 0.25) is 0 Å². The van der Waals surface area contributed by atoms with Gasteiger partial charge in [0.2, 0.25) is 5.91 Å². The lowest BCUT2D eigenvalue weighted by atomic mass is 9.95. The van der Waals surface area contributed by atoms with Crippen LogP contribution in [0, 0.1) is 13.8 Å². The highest BCUT2D eigenvalue weighted by atomic mass is 16.2. The van der Waals surface area contributed by atoms with E-state index in [1.807, 2.05) is 43.3 Å². The molecular weight excluding hydrogens is 350 g/mol. The lowest BCUT2D eigenvalue weighted by Gasteiger charge is -2.26. The molecule has 2 N–H and O–H groups in total. The predicted octanol–water partition coefficient (Wildman–Crippen LogP) is 4.05. The zero-order valence-electron chi connectivity index (χ0n) is 17.0. The van der Waals surface area contributed by atoms with Crippen molar-refractivity contribution < 1.29 is 9.59 Å². The summed E-state index contributed by atoms with van der Waals surface area (Å²) in [5.41, 5.74) is 3.98. The Labute approximate surface area is 167 Å². The van der Waals surface area contributed by atoms with Crippen molar-refractivity contribution in [2.75, 3.05) is 6.54 Å². The number of nitrogens with one attached hydrogen (secondary N) is 2. The molecule has 5 heteroatoms. The summed E-state index contributed by atoms with van der Waals surface area (Å²) in [5, 5.41) is 5.78. The van der Waals surface area contributed by atoms with Gasteiger partial charge >= 0.3 is 0 Å². The highest BCUT2D eigenvalue weighted by molar-refractivity contribution is 5.96. The molecule has 0 aliphatic heterocycles. The molecule has 1 aromatic carbocycles. The van der Waals surface area contributed by atoms with Crippen molar-refractivity contribution in [2.45, 2.75) is 65.0 Å². The number of aryl methyl sites for hydroxylation is 1. The third-order valence-electron chi connectivity index (χ3n) is 5.64. The largest absolute Gasteiger partial charge is 0.352 e. The predicted molar refractivity (Wildman–Crippen MR) is 111 cm³/mol. The van der Waals surface area contributed by atoms with Gasteiger partial charge in [-0.25, -0.2) is 0 Å². The van der Waals surface area contributed by atoms with Gasteiger partial charge in [0, 0.05) is 36.9 Å². The lowest BCUT2D eigenvalue weighted by Crippen LogP contribution is -2.30. The number of rotatable bonds is 7. The molecule has 1 saturated carbocycles. The normalized spacial score (nSPS) is 14.6. The Morgan fingerprint density at radius 2 is 1.75 bits per heavy atom. The second-order valence-electron chi connectivity index (χ2n) is 7.71. The quantitative estimate of drug-likeness (QED) is 0.760. The van der Waals surface area contributed by atoms with Gasteiger partial charge in [-0.3, -0.25) is 9.59 Å². The maximum Gasteiger partial charge on any atom is 0.253 e. The van der Waals surface area contributed by atoms with Crippen molar-refractivity contribution in [3.63, 3.8) is 0 Å². The first kappa shape index (κ1) is 20.2. The molecule has 0 atom stereocenters. The van der Waals surface area contributed by atoms with Crippen LogP contribution in [-0.4, -0.2) is 22.9 Å². The van der Waals surface area contributed by atoms with Gasteiger partial charge in [0.1, 0.15) is 0 Å². The van der Waals surface area contributed by atoms with Crippen LogP contribution in [-0.2, 0) is 11.3 Å². The standard InChI is InChI=1S/C23H31N3O2/c1-17-15-21(18(2)26(17)20-11-7-4-8-12-20)23(28)24-14-13-22(27)25-16-19-9-5-3-6-10-19/h3,5-6,9-10,15,20H,4,7-8,11-14,16H2,1-2H3,(H,24,28)(H,25,27). The van der Waals surface area contributed by atoms with Crippen LogP contribution < -0.4 is 10.6 Å². The highest BCUT2D eigenvalue weighted by Crippen LogP contribution is 2.32. The summed E-state index contributed by atoms with van der Waals surface area (Å²) in [6.07, 6.45) is 6.51. The third kappa shape index (κ3) is 5.03. The summed E-state index contributed by atoms with van der Waals surface area (Å²) >= 11 is 0. The van der Waals surface area contributed by atoms with E-state index in [-0.39, 0.29) is 18.2 Å². The topological polar surface area (TPSA) is 63.1 Å². The summed E-state index contributed by atoms with van der Waals surface area (Å²) < 4.78 is 2.33. The van der Waals surface area contributed by atoms with Crippen molar-refractivity contribution in [2.24, 2.45) is 0 Å². The molecule has 0 bridgehead atoms. The first-order chi connectivity index (χ1) is 13.6. The fourth-order valence-electron chi connectivity index (χ4n) is 4.18. The summed E-state index contributed by atoms with van der Waals surface area (Å²) in [5.74, 6) is -0.150. The highest BCUT2D eigenvalue weighted by Gasteiger charge is 2.22. The number of hydrogen-bond donors (Lipinski definition) is 2. The second-order valence-corrected chi connectivity index (χ2v) is 7.71. The fraction of sp³-hybridized carbons (Fsp3) is 0.478. The molecule has 1 fully saturated rings. The van der Waals surface area contributed by atoms with Gasteiger partial charge in [-0.2, -0.15) is 0 Å². The zero-order valence-corrected chi connectivity index (χ0v) is 17.0. The van der Waals surface area contributed by atoms with Crippen LogP contribution in [0.1, 0.15) is 71.9 Å². The number of carbonyl (C=O) groups excluding carboxylic acids is 2. The number of aromatic nitrogens is 1. The molecule has 28 heavy (non-hydrogen) atoms. The molecule has 1 aliphatic carbocycles. The van der Waals surface area contributed by atoms with Crippen LogP contribution in [0.4, 0.5) is 0 Å². The van der Waals surface area contributed by atoms with Crippen LogP contribution in [0.15, 0.2) is 36.4 Å². The maximum atomic E-state index is 12.6. The van der Waals surface area contributed by atoms with Crippen LogP contribution in [0.5, 0.6) is 0 Å². The van der Waals surface area contributed by atoms with Gasteiger partial charge in [0.25, 0.3) is 5.91 Å². The van der Waals surface area contributed by atoms with Crippen LogP contribution in [0.25, 0.3) is 0 Å². The van der Waals surface area contributed by atoms with E-state index >= 15 is 0 Å². The Hall–Kier alpha value is -2.56. The van der Waals surface area contributed by atoms with Crippen LogP contribution >= 0.6 is 0 Å². The monoisotopic (exact) mass is 381 g/mol. The Kier molecular flexibility index (Phi) is 6.90. The van der Waals surface area contributed by atoms with E-state index < -0.39 is 0 Å². The molecule has 0 radical (unpaired) electrons. The molecular formula is C23H31N3O2. The van der Waals surface area contributed by atoms with E-state index in [9.17, 15) is 9.59 Å². The molecule has 2 amide bonds. The molecule has 1 heterocycles. The van der Waals surface area contributed by atoms with Gasteiger partial charge in [0.15, 0.2) is 0 Å². The van der Waals surface area contributed by atoms with E-state index in [2.05, 4.69) is 22.1 Å². The Bertz CT molecular complexity index is 805. The molecule has 1 aliphatic rings. The van der Waals surface area contributed by atoms with E-state index in [1.165, 1.54) is 32.1 Å². The number of amides is 2. The second kappa shape index (κ2) is 9.58. The molecule has 3 rings (SSSR count). The van der Waals surface area contributed by atoms with E-state index in [4.69, 9.17) is 0 Å². The molecule has 2 aromatic rings. The first-order valence-electron chi connectivity index (χ1n) is 10.3. The fourth-order valence-corrected chi connectivity index (χ4v) is 4.18. The molecule has 1 aromatic heterocycles. The number of benzene rings is 1. The molecule has 5 nitrogen and oxygen atoms in total. The lowest BCUT2D eigenvalue weighted by molar-refractivity contribution is -0.121. The van der Waals surface area contributed by atoms with Crippen molar-refractivity contribution in [1.82, 2.24) is 15.2 Å². The van der Waals surface area contributed by atoms with Gasteiger partial charge < -0.3 is 15.2 Å². The van der Waals surface area contributed by atoms with Gasteiger partial charge in [-0.15, -0.1) is 0 Å². The van der Waals surface area contributed by atoms with Gasteiger partial charge in [-0.05, 0) is 38.3 Å². The number of nitrogens with zero attached hydrogens (tertiary/aromatic N) is 1. The molecule has 0 unspecified atom stereocenters. The maximum absolute atomic E-state index is 12.6. The SMILES string of the molecule is Cc1cc(C(=O)NCCC(=O)NCc2ccccc2)c(C)n1C1CCCCC1. The van der Waals surface area contributed by atoms with Gasteiger partial charge in [-0.1, -0.05) is 49.6 Å².